The summed E-state index contributed by atoms with van der Waals surface area (Å²) < 4.78 is 0. The largest absolute Gasteiger partial charge is 0.353 e. The maximum atomic E-state index is 12.7. The number of piperazine rings is 1. The number of benzene rings is 2. The molecule has 0 aliphatic carbocycles. The average Bonchev–Trinajstić information content (AvgIpc) is 3.13. The van der Waals surface area contributed by atoms with Gasteiger partial charge in [-0.2, -0.15) is 0 Å². The Labute approximate surface area is 200 Å². The van der Waals surface area contributed by atoms with E-state index in [1.165, 1.54) is 18.2 Å². The molecule has 3 aromatic rings. The number of carbonyl (C=O) groups excluding carboxylic acids is 3. The number of rotatable bonds is 6. The summed E-state index contributed by atoms with van der Waals surface area (Å²) in [6, 6.07) is 16.0. The molecular formula is C25H23N5O5. The molecule has 10 nitrogen and oxygen atoms in total. The van der Waals surface area contributed by atoms with Gasteiger partial charge in [0.15, 0.2) is 0 Å². The molecule has 3 amide bonds. The fraction of sp³-hybridized carbons (Fsp3) is 0.280. The molecule has 0 unspecified atom stereocenters. The van der Waals surface area contributed by atoms with Crippen LogP contribution in [0.3, 0.4) is 0 Å². The average molecular weight is 473 g/mol. The minimum Gasteiger partial charge on any atom is -0.353 e. The molecule has 178 valence electrons. The van der Waals surface area contributed by atoms with Gasteiger partial charge in [-0.05, 0) is 30.7 Å². The Morgan fingerprint density at radius 3 is 2.49 bits per heavy atom. The second-order valence-electron chi connectivity index (χ2n) is 8.55. The Morgan fingerprint density at radius 1 is 0.943 bits per heavy atom. The van der Waals surface area contributed by atoms with E-state index in [1.54, 1.807) is 4.90 Å². The minimum absolute atomic E-state index is 0.0361. The second-order valence-corrected chi connectivity index (χ2v) is 8.55. The van der Waals surface area contributed by atoms with Gasteiger partial charge in [0.1, 0.15) is 11.4 Å². The van der Waals surface area contributed by atoms with E-state index in [9.17, 15) is 24.5 Å². The maximum Gasteiger partial charge on any atom is 0.282 e. The normalized spacial score (nSPS) is 15.6. The Bertz CT molecular complexity index is 1350. The molecule has 2 aliphatic rings. The molecule has 0 spiro atoms. The van der Waals surface area contributed by atoms with Gasteiger partial charge in [0.05, 0.1) is 16.0 Å². The summed E-state index contributed by atoms with van der Waals surface area (Å²) in [6.45, 7) is 2.49. The zero-order valence-electron chi connectivity index (χ0n) is 18.9. The Morgan fingerprint density at radius 2 is 1.71 bits per heavy atom. The molecule has 2 aromatic carbocycles. The third kappa shape index (κ3) is 4.18. The molecule has 10 heteroatoms. The zero-order valence-corrected chi connectivity index (χ0v) is 18.9. The van der Waals surface area contributed by atoms with Gasteiger partial charge in [-0.3, -0.25) is 29.4 Å². The molecule has 1 fully saturated rings. The van der Waals surface area contributed by atoms with Gasteiger partial charge in [-0.1, -0.05) is 24.3 Å². The lowest BCUT2D eigenvalue weighted by Gasteiger charge is -2.35. The van der Waals surface area contributed by atoms with Crippen LogP contribution in [0, 0.1) is 10.1 Å². The topological polar surface area (TPSA) is 117 Å². The van der Waals surface area contributed by atoms with E-state index in [4.69, 9.17) is 4.98 Å². The molecule has 0 bridgehead atoms. The van der Waals surface area contributed by atoms with Crippen molar-refractivity contribution in [3.63, 3.8) is 0 Å². The number of fused-ring (bicyclic) bond motifs is 2. The molecule has 2 aliphatic heterocycles. The van der Waals surface area contributed by atoms with Crippen molar-refractivity contribution >= 4 is 40.1 Å². The Kier molecular flexibility index (Phi) is 5.86. The molecule has 0 atom stereocenters. The number of nitro groups is 1. The summed E-state index contributed by atoms with van der Waals surface area (Å²) in [4.78, 5) is 58.2. The molecule has 5 rings (SSSR count). The monoisotopic (exact) mass is 473 g/mol. The van der Waals surface area contributed by atoms with Crippen molar-refractivity contribution in [3.8, 4) is 0 Å². The van der Waals surface area contributed by atoms with E-state index >= 15 is 0 Å². The summed E-state index contributed by atoms with van der Waals surface area (Å²) in [7, 11) is 0. The first-order valence-electron chi connectivity index (χ1n) is 11.5. The summed E-state index contributed by atoms with van der Waals surface area (Å²) in [5, 5.41) is 12.3. The number of nitrogens with zero attached hydrogens (tertiary/aromatic N) is 5. The van der Waals surface area contributed by atoms with Crippen LogP contribution in [0.2, 0.25) is 0 Å². The Hall–Kier alpha value is -4.34. The van der Waals surface area contributed by atoms with Crippen LogP contribution < -0.4 is 4.90 Å². The van der Waals surface area contributed by atoms with Crippen LogP contribution in [0.1, 0.15) is 33.6 Å². The van der Waals surface area contributed by atoms with E-state index < -0.39 is 16.7 Å². The smallest absolute Gasteiger partial charge is 0.282 e. The van der Waals surface area contributed by atoms with E-state index in [0.29, 0.717) is 32.6 Å². The highest BCUT2D eigenvalue weighted by molar-refractivity contribution is 6.23. The highest BCUT2D eigenvalue weighted by atomic mass is 16.6. The predicted octanol–water partition coefficient (Wildman–Crippen LogP) is 2.87. The summed E-state index contributed by atoms with van der Waals surface area (Å²) in [5.74, 6) is -0.395. The number of anilines is 1. The number of carbonyl (C=O) groups is 3. The first kappa shape index (κ1) is 22.5. The lowest BCUT2D eigenvalue weighted by molar-refractivity contribution is -0.385. The number of hydrogen-bond acceptors (Lipinski definition) is 7. The van der Waals surface area contributed by atoms with Crippen LogP contribution in [0.25, 0.3) is 10.9 Å². The molecular weight excluding hydrogens is 450 g/mol. The van der Waals surface area contributed by atoms with Crippen LogP contribution in [0.15, 0.2) is 54.6 Å². The standard InChI is InChI=1S/C25H23N5O5/c31-22(9-4-12-29-24(32)18-6-3-8-20(30(34)35)23(18)25(29)33)28-15-13-27(14-16-28)21-11-10-17-5-1-2-7-19(17)26-21/h1-3,5-8,10-11H,4,9,12-16H2. The van der Waals surface area contributed by atoms with Crippen LogP contribution in [0.4, 0.5) is 11.5 Å². The molecule has 0 radical (unpaired) electrons. The van der Waals surface area contributed by atoms with Crippen molar-refractivity contribution in [3.05, 3.63) is 75.8 Å². The van der Waals surface area contributed by atoms with Gasteiger partial charge in [0, 0.05) is 50.6 Å². The van der Waals surface area contributed by atoms with Crippen LogP contribution in [-0.4, -0.2) is 70.2 Å². The van der Waals surface area contributed by atoms with Crippen molar-refractivity contribution in [2.45, 2.75) is 12.8 Å². The number of aromatic nitrogens is 1. The van der Waals surface area contributed by atoms with E-state index in [-0.39, 0.29) is 35.7 Å². The summed E-state index contributed by atoms with van der Waals surface area (Å²) in [6.07, 6.45) is 0.480. The first-order valence-corrected chi connectivity index (χ1v) is 11.5. The third-order valence-electron chi connectivity index (χ3n) is 6.49. The van der Waals surface area contributed by atoms with E-state index in [1.807, 2.05) is 36.4 Å². The SMILES string of the molecule is O=C(CCCN1C(=O)c2cccc([N+](=O)[O-])c2C1=O)N1CCN(c2ccc3ccccc3n2)CC1. The number of imide groups is 1. The fourth-order valence-corrected chi connectivity index (χ4v) is 4.63. The van der Waals surface area contributed by atoms with E-state index in [0.717, 1.165) is 21.6 Å². The molecule has 0 saturated carbocycles. The van der Waals surface area contributed by atoms with Gasteiger partial charge >= 0.3 is 0 Å². The molecule has 1 saturated heterocycles. The summed E-state index contributed by atoms with van der Waals surface area (Å²) in [5.41, 5.74) is 0.418. The van der Waals surface area contributed by atoms with Crippen LogP contribution in [0.5, 0.6) is 0 Å². The number of nitro benzene ring substituents is 1. The molecule has 35 heavy (non-hydrogen) atoms. The molecule has 3 heterocycles. The first-order chi connectivity index (χ1) is 16.9. The van der Waals surface area contributed by atoms with Gasteiger partial charge in [0.25, 0.3) is 17.5 Å². The third-order valence-corrected chi connectivity index (χ3v) is 6.49. The Balaban J connectivity index is 1.14. The van der Waals surface area contributed by atoms with Gasteiger partial charge in [-0.25, -0.2) is 4.98 Å². The highest BCUT2D eigenvalue weighted by Gasteiger charge is 2.40. The predicted molar refractivity (Wildman–Crippen MR) is 128 cm³/mol. The van der Waals surface area contributed by atoms with Crippen LogP contribution in [-0.2, 0) is 4.79 Å². The lowest BCUT2D eigenvalue weighted by atomic mass is 10.1. The second kappa shape index (κ2) is 9.13. The van der Waals surface area contributed by atoms with Crippen molar-refractivity contribution in [1.29, 1.82) is 0 Å². The number of hydrogen-bond donors (Lipinski definition) is 0. The van der Waals surface area contributed by atoms with Gasteiger partial charge in [0.2, 0.25) is 5.91 Å². The number of pyridine rings is 1. The molecule has 0 N–H and O–H groups in total. The zero-order chi connectivity index (χ0) is 24.5. The van der Waals surface area contributed by atoms with Crippen LogP contribution >= 0.6 is 0 Å². The van der Waals surface area contributed by atoms with Gasteiger partial charge in [-0.15, -0.1) is 0 Å². The van der Waals surface area contributed by atoms with Crippen molar-refractivity contribution in [2.75, 3.05) is 37.6 Å². The maximum absolute atomic E-state index is 12.7. The van der Waals surface area contributed by atoms with Crippen molar-refractivity contribution in [1.82, 2.24) is 14.8 Å². The molecule has 1 aromatic heterocycles. The number of para-hydroxylation sites is 1. The lowest BCUT2D eigenvalue weighted by Crippen LogP contribution is -2.49. The van der Waals surface area contributed by atoms with E-state index in [2.05, 4.69) is 4.90 Å². The van der Waals surface area contributed by atoms with Crippen molar-refractivity contribution in [2.24, 2.45) is 0 Å². The highest BCUT2D eigenvalue weighted by Crippen LogP contribution is 2.31. The summed E-state index contributed by atoms with van der Waals surface area (Å²) >= 11 is 0. The van der Waals surface area contributed by atoms with Gasteiger partial charge < -0.3 is 9.80 Å². The minimum atomic E-state index is -0.679. The quantitative estimate of drug-likeness (QED) is 0.307. The number of amides is 3. The van der Waals surface area contributed by atoms with Crippen molar-refractivity contribution < 1.29 is 19.3 Å². The fourth-order valence-electron chi connectivity index (χ4n) is 4.63.